The molecule has 0 radical (unpaired) electrons. The molecule has 6 heterocycles. The molecule has 0 amide bonds. The largest absolute Gasteiger partial charge is 0.396 e. The van der Waals surface area contributed by atoms with Gasteiger partial charge in [-0.15, -0.1) is 11.3 Å². The number of fused-ring (bicyclic) bond motifs is 2. The van der Waals surface area contributed by atoms with E-state index in [-0.39, 0.29) is 12.4 Å². The Kier molecular flexibility index (Phi) is 6.53. The number of nitrogens with one attached hydrogen (secondary N) is 1. The molecule has 0 bridgehead atoms. The number of halogens is 1. The fourth-order valence-corrected chi connectivity index (χ4v) is 7.42. The van der Waals surface area contributed by atoms with Gasteiger partial charge in [-0.25, -0.2) is 14.4 Å². The number of hydrogen-bond acceptors (Lipinski definition) is 8. The van der Waals surface area contributed by atoms with E-state index in [0.29, 0.717) is 36.6 Å². The highest BCUT2D eigenvalue weighted by molar-refractivity contribution is 7.19. The zero-order chi connectivity index (χ0) is 25.6. The average molecular weight is 537 g/mol. The summed E-state index contributed by atoms with van der Waals surface area (Å²) >= 11 is 1.73. The first-order valence-corrected chi connectivity index (χ1v) is 14.5. The molecule has 0 unspecified atom stereocenters. The predicted octanol–water partition coefficient (Wildman–Crippen LogP) is 3.70. The smallest absolute Gasteiger partial charge is 0.165 e. The lowest BCUT2D eigenvalue weighted by Crippen LogP contribution is -2.55. The van der Waals surface area contributed by atoms with Crippen LogP contribution >= 0.6 is 11.3 Å². The number of likely N-dealkylation sites (tertiary alicyclic amines) is 2. The van der Waals surface area contributed by atoms with E-state index in [0.717, 1.165) is 66.1 Å². The second-order valence-electron chi connectivity index (χ2n) is 10.7. The van der Waals surface area contributed by atoms with E-state index in [9.17, 15) is 5.11 Å². The number of piperidine rings is 1. The van der Waals surface area contributed by atoms with Gasteiger partial charge in [0, 0.05) is 73.3 Å². The molecule has 10 heteroatoms. The Morgan fingerprint density at radius 1 is 1.11 bits per heavy atom. The summed E-state index contributed by atoms with van der Waals surface area (Å²) in [6.45, 7) is 8.11. The normalized spacial score (nSPS) is 23.4. The number of aromatic nitrogens is 3. The molecule has 7 rings (SSSR count). The maximum absolute atomic E-state index is 15.2. The summed E-state index contributed by atoms with van der Waals surface area (Å²) in [6, 6.07) is 7.77. The van der Waals surface area contributed by atoms with Gasteiger partial charge >= 0.3 is 0 Å². The van der Waals surface area contributed by atoms with E-state index < -0.39 is 0 Å². The van der Waals surface area contributed by atoms with Crippen molar-refractivity contribution < 1.29 is 14.2 Å². The van der Waals surface area contributed by atoms with Gasteiger partial charge < -0.3 is 19.7 Å². The van der Waals surface area contributed by atoms with Gasteiger partial charge in [0.1, 0.15) is 5.82 Å². The molecule has 8 nitrogen and oxygen atoms in total. The van der Waals surface area contributed by atoms with Crippen LogP contribution in [0.15, 0.2) is 30.5 Å². The molecule has 3 fully saturated rings. The maximum atomic E-state index is 15.2. The van der Waals surface area contributed by atoms with Crippen molar-refractivity contribution in [1.82, 2.24) is 24.8 Å². The summed E-state index contributed by atoms with van der Waals surface area (Å²) in [4.78, 5) is 21.5. The van der Waals surface area contributed by atoms with Gasteiger partial charge in [-0.1, -0.05) is 0 Å². The van der Waals surface area contributed by atoms with Crippen molar-refractivity contribution in [2.75, 3.05) is 64.0 Å². The number of benzene rings is 1. The molecule has 3 saturated heterocycles. The molecule has 4 aromatic rings. The lowest BCUT2D eigenvalue weighted by Gasteiger charge is -2.47. The van der Waals surface area contributed by atoms with Crippen molar-refractivity contribution in [3.05, 3.63) is 41.2 Å². The Morgan fingerprint density at radius 3 is 2.76 bits per heavy atom. The van der Waals surface area contributed by atoms with Crippen molar-refractivity contribution in [2.45, 2.75) is 25.4 Å². The van der Waals surface area contributed by atoms with Crippen molar-refractivity contribution in [3.8, 4) is 11.4 Å². The van der Waals surface area contributed by atoms with Crippen LogP contribution in [0.3, 0.4) is 0 Å². The van der Waals surface area contributed by atoms with E-state index >= 15 is 4.39 Å². The molecular formula is C28H33FN6O2S. The zero-order valence-electron chi connectivity index (χ0n) is 21.4. The summed E-state index contributed by atoms with van der Waals surface area (Å²) in [5.74, 6) is 1.25. The van der Waals surface area contributed by atoms with Gasteiger partial charge in [0.15, 0.2) is 11.6 Å². The minimum absolute atomic E-state index is 0.233. The first kappa shape index (κ1) is 24.4. The van der Waals surface area contributed by atoms with Crippen LogP contribution in [-0.2, 0) is 11.3 Å². The molecule has 1 aromatic carbocycles. The number of thiophene rings is 1. The van der Waals surface area contributed by atoms with Gasteiger partial charge in [0.2, 0.25) is 0 Å². The molecule has 0 spiro atoms. The van der Waals surface area contributed by atoms with Crippen molar-refractivity contribution in [2.24, 2.45) is 5.92 Å². The summed E-state index contributed by atoms with van der Waals surface area (Å²) in [5.41, 5.74) is 2.16. The van der Waals surface area contributed by atoms with Crippen LogP contribution in [-0.4, -0.2) is 95.0 Å². The minimum Gasteiger partial charge on any atom is -0.396 e. The van der Waals surface area contributed by atoms with Crippen LogP contribution < -0.4 is 4.90 Å². The molecule has 200 valence electrons. The maximum Gasteiger partial charge on any atom is 0.165 e. The number of rotatable bonds is 6. The van der Waals surface area contributed by atoms with E-state index in [4.69, 9.17) is 14.7 Å². The van der Waals surface area contributed by atoms with Crippen molar-refractivity contribution in [3.63, 3.8) is 0 Å². The van der Waals surface area contributed by atoms with Crippen molar-refractivity contribution in [1.29, 1.82) is 0 Å². The summed E-state index contributed by atoms with van der Waals surface area (Å²) in [7, 11) is 0. The van der Waals surface area contributed by atoms with Gasteiger partial charge in [0.25, 0.3) is 0 Å². The molecule has 2 N–H and O–H groups in total. The molecule has 3 aliphatic heterocycles. The third-order valence-electron chi connectivity index (χ3n) is 8.37. The fourth-order valence-electron chi connectivity index (χ4n) is 6.27. The van der Waals surface area contributed by atoms with E-state index in [2.05, 4.69) is 25.8 Å². The number of aliphatic hydroxyl groups is 1. The SMILES string of the molecule is OC[C@@H]1CN(Cc2cc3nc(-c4c(F)ccc5[nH]ccc45)nc(N4CCOCC4)c3s2)CC[C@@H]1N1CCC1. The standard InChI is InChI=1S/C28H33FN6O2S/c29-21-2-3-22-20(4-6-30-22)25(21)27-31-23-14-19(38-26(23)28(32-27)35-10-12-37-13-11-35)16-33-9-5-24(18(15-33)17-36)34-7-1-8-34/h2-4,6,14,18,24,30,36H,1,5,7-13,15-17H2/t18-,24-/m0/s1. The highest BCUT2D eigenvalue weighted by Gasteiger charge is 2.35. The van der Waals surface area contributed by atoms with Crippen molar-refractivity contribution >= 4 is 38.3 Å². The summed E-state index contributed by atoms with van der Waals surface area (Å²) in [5, 5.41) is 10.9. The van der Waals surface area contributed by atoms with Crippen LogP contribution in [0, 0.1) is 11.7 Å². The van der Waals surface area contributed by atoms with Gasteiger partial charge in [-0.3, -0.25) is 9.80 Å². The topological polar surface area (TPSA) is 80.7 Å². The predicted molar refractivity (Wildman–Crippen MR) is 148 cm³/mol. The van der Waals surface area contributed by atoms with Crippen LogP contribution in [0.25, 0.3) is 32.5 Å². The van der Waals surface area contributed by atoms with Gasteiger partial charge in [-0.2, -0.15) is 0 Å². The highest BCUT2D eigenvalue weighted by Crippen LogP contribution is 2.38. The molecule has 0 saturated carbocycles. The third-order valence-corrected chi connectivity index (χ3v) is 9.48. The fraction of sp³-hybridized carbons (Fsp3) is 0.500. The number of anilines is 1. The first-order chi connectivity index (χ1) is 18.7. The summed E-state index contributed by atoms with van der Waals surface area (Å²) in [6.07, 6.45) is 4.19. The number of aromatic amines is 1. The Hall–Kier alpha value is -2.63. The van der Waals surface area contributed by atoms with Crippen LogP contribution in [0.1, 0.15) is 17.7 Å². The lowest BCUT2D eigenvalue weighted by molar-refractivity contribution is -0.00293. The van der Waals surface area contributed by atoms with Crippen LogP contribution in [0.4, 0.5) is 10.2 Å². The second-order valence-corrected chi connectivity index (χ2v) is 11.8. The zero-order valence-corrected chi connectivity index (χ0v) is 22.2. The van der Waals surface area contributed by atoms with Crippen LogP contribution in [0.5, 0.6) is 0 Å². The number of nitrogens with zero attached hydrogens (tertiary/aromatic N) is 5. The molecule has 2 atom stereocenters. The van der Waals surface area contributed by atoms with E-state index in [1.165, 1.54) is 30.5 Å². The molecule has 3 aromatic heterocycles. The Balaban J connectivity index is 1.24. The Bertz CT molecular complexity index is 1450. The lowest BCUT2D eigenvalue weighted by atomic mass is 9.89. The Morgan fingerprint density at radius 2 is 1.97 bits per heavy atom. The van der Waals surface area contributed by atoms with E-state index in [1.54, 1.807) is 17.4 Å². The highest BCUT2D eigenvalue weighted by atomic mass is 32.1. The third kappa shape index (κ3) is 4.38. The number of H-pyrrole nitrogens is 1. The molecular weight excluding hydrogens is 503 g/mol. The summed E-state index contributed by atoms with van der Waals surface area (Å²) < 4.78 is 21.8. The van der Waals surface area contributed by atoms with Crippen LogP contribution in [0.2, 0.25) is 0 Å². The number of aliphatic hydroxyl groups excluding tert-OH is 1. The van der Waals surface area contributed by atoms with Gasteiger partial charge in [0.05, 0.1) is 29.0 Å². The first-order valence-electron chi connectivity index (χ1n) is 13.6. The number of morpholine rings is 1. The Labute approximate surface area is 225 Å². The van der Waals surface area contributed by atoms with E-state index in [1.807, 2.05) is 12.3 Å². The molecule has 38 heavy (non-hydrogen) atoms. The number of ether oxygens (including phenoxy) is 1. The molecule has 0 aliphatic carbocycles. The molecule has 3 aliphatic rings. The number of hydrogen-bond donors (Lipinski definition) is 2. The average Bonchev–Trinajstić information content (AvgIpc) is 3.55. The second kappa shape index (κ2) is 10.2. The quantitative estimate of drug-likeness (QED) is 0.389. The minimum atomic E-state index is -0.319. The van der Waals surface area contributed by atoms with Gasteiger partial charge in [-0.05, 0) is 50.2 Å². The monoisotopic (exact) mass is 536 g/mol.